The molecule has 0 saturated carbocycles. The molecular formula is C12H15ClN4O. The molecule has 0 radical (unpaired) electrons. The highest BCUT2D eigenvalue weighted by Crippen LogP contribution is 2.16. The highest BCUT2D eigenvalue weighted by Gasteiger charge is 2.14. The van der Waals surface area contributed by atoms with Crippen LogP contribution in [0.3, 0.4) is 0 Å². The van der Waals surface area contributed by atoms with Gasteiger partial charge in [0.25, 0.3) is 5.91 Å². The molecule has 1 amide bonds. The predicted octanol–water partition coefficient (Wildman–Crippen LogP) is 2.15. The minimum atomic E-state index is -0.386. The van der Waals surface area contributed by atoms with Gasteiger partial charge in [0, 0.05) is 19.5 Å². The van der Waals surface area contributed by atoms with E-state index in [4.69, 9.17) is 11.6 Å². The molecule has 0 aliphatic heterocycles. The predicted molar refractivity (Wildman–Crippen MR) is 70.7 cm³/mol. The van der Waals surface area contributed by atoms with Gasteiger partial charge >= 0.3 is 0 Å². The number of nitrogens with one attached hydrogen (secondary N) is 1. The quantitative estimate of drug-likeness (QED) is 0.518. The van der Waals surface area contributed by atoms with E-state index in [1.54, 1.807) is 19.5 Å². The van der Waals surface area contributed by atoms with Crippen molar-refractivity contribution in [1.29, 1.82) is 0 Å². The fraction of sp³-hybridized carbons (Fsp3) is 0.417. The largest absolute Gasteiger partial charge is 0.293 e. The van der Waals surface area contributed by atoms with Gasteiger partial charge in [0.05, 0.1) is 5.02 Å². The van der Waals surface area contributed by atoms with Gasteiger partial charge < -0.3 is 0 Å². The third kappa shape index (κ3) is 3.20. The van der Waals surface area contributed by atoms with Crippen LogP contribution in [-0.2, 0) is 7.05 Å². The number of rotatable bonds is 3. The summed E-state index contributed by atoms with van der Waals surface area (Å²) in [5.74, 6) is 0.0118. The van der Waals surface area contributed by atoms with Crippen LogP contribution in [0.5, 0.6) is 0 Å². The van der Waals surface area contributed by atoms with Crippen LogP contribution < -0.4 is 5.43 Å². The number of nitrogens with zero attached hydrogens (tertiary/aromatic N) is 3. The number of aryl methyl sites for hydroxylation is 1. The first kappa shape index (κ1) is 12.8. The summed E-state index contributed by atoms with van der Waals surface area (Å²) < 4.78 is 1.49. The van der Waals surface area contributed by atoms with Crippen LogP contribution in [0.2, 0.25) is 5.02 Å². The second kappa shape index (κ2) is 5.82. The van der Waals surface area contributed by atoms with Crippen molar-refractivity contribution >= 4 is 23.7 Å². The summed E-state index contributed by atoms with van der Waals surface area (Å²) in [4.78, 5) is 11.7. The van der Waals surface area contributed by atoms with Gasteiger partial charge in [-0.2, -0.15) is 10.2 Å². The minimum absolute atomic E-state index is 0.194. The van der Waals surface area contributed by atoms with Crippen LogP contribution in [0.4, 0.5) is 0 Å². The second-order valence-corrected chi connectivity index (χ2v) is 4.67. The summed E-state index contributed by atoms with van der Waals surface area (Å²) in [6.45, 7) is 0. The Hall–Kier alpha value is -1.62. The molecule has 96 valence electrons. The lowest BCUT2D eigenvalue weighted by Gasteiger charge is -2.11. The molecule has 0 unspecified atom stereocenters. The molecule has 2 rings (SSSR count). The molecule has 0 spiro atoms. The van der Waals surface area contributed by atoms with E-state index in [1.165, 1.54) is 4.68 Å². The fourth-order valence-electron chi connectivity index (χ4n) is 1.82. The van der Waals surface area contributed by atoms with Crippen molar-refractivity contribution in [3.63, 3.8) is 0 Å². The number of hydrazone groups is 1. The lowest BCUT2D eigenvalue weighted by Crippen LogP contribution is -2.20. The standard InChI is InChI=1S/C12H15ClN4O/c1-17-8-10(13)11(16-17)12(18)15-14-7-9-5-3-2-4-6-9/h2-3,7-9H,4-6H2,1H3,(H,15,18)/b14-7-/t9-/m1/s1. The molecule has 0 aromatic carbocycles. The zero-order valence-corrected chi connectivity index (χ0v) is 10.9. The van der Waals surface area contributed by atoms with E-state index in [0.717, 1.165) is 19.3 Å². The van der Waals surface area contributed by atoms with Crippen molar-refractivity contribution in [3.05, 3.63) is 29.1 Å². The average molecular weight is 267 g/mol. The second-order valence-electron chi connectivity index (χ2n) is 4.26. The van der Waals surface area contributed by atoms with Crippen LogP contribution in [0.15, 0.2) is 23.5 Å². The molecule has 18 heavy (non-hydrogen) atoms. The summed E-state index contributed by atoms with van der Waals surface area (Å²) >= 11 is 5.86. The summed E-state index contributed by atoms with van der Waals surface area (Å²) in [5.41, 5.74) is 2.64. The van der Waals surface area contributed by atoms with E-state index in [1.807, 2.05) is 0 Å². The number of aromatic nitrogens is 2. The molecule has 1 aliphatic rings. The van der Waals surface area contributed by atoms with E-state index in [9.17, 15) is 4.79 Å². The monoisotopic (exact) mass is 266 g/mol. The van der Waals surface area contributed by atoms with E-state index in [-0.39, 0.29) is 11.6 Å². The molecule has 1 N–H and O–H groups in total. The van der Waals surface area contributed by atoms with Crippen LogP contribution in [0.25, 0.3) is 0 Å². The number of amides is 1. The van der Waals surface area contributed by atoms with Crippen LogP contribution in [0, 0.1) is 5.92 Å². The first-order valence-corrected chi connectivity index (χ1v) is 6.22. The summed E-state index contributed by atoms with van der Waals surface area (Å²) in [6.07, 6.45) is 10.8. The first-order valence-electron chi connectivity index (χ1n) is 5.84. The number of carbonyl (C=O) groups is 1. The summed E-state index contributed by atoms with van der Waals surface area (Å²) in [7, 11) is 1.71. The average Bonchev–Trinajstić information content (AvgIpc) is 2.70. The Bertz CT molecular complexity index is 492. The third-order valence-corrected chi connectivity index (χ3v) is 3.04. The van der Waals surface area contributed by atoms with Crippen molar-refractivity contribution in [3.8, 4) is 0 Å². The molecule has 1 heterocycles. The highest BCUT2D eigenvalue weighted by molar-refractivity contribution is 6.33. The van der Waals surface area contributed by atoms with Gasteiger partial charge in [0.1, 0.15) is 0 Å². The van der Waals surface area contributed by atoms with Crippen LogP contribution in [0.1, 0.15) is 29.8 Å². The van der Waals surface area contributed by atoms with Gasteiger partial charge in [0.2, 0.25) is 0 Å². The zero-order valence-electron chi connectivity index (χ0n) is 10.1. The maximum Gasteiger partial charge on any atom is 0.293 e. The molecule has 0 fully saturated rings. The van der Waals surface area contributed by atoms with Gasteiger partial charge in [-0.05, 0) is 25.2 Å². The molecule has 6 heteroatoms. The van der Waals surface area contributed by atoms with Crippen LogP contribution in [-0.4, -0.2) is 21.9 Å². The van der Waals surface area contributed by atoms with E-state index in [2.05, 4.69) is 27.8 Å². The third-order valence-electron chi connectivity index (χ3n) is 2.76. The van der Waals surface area contributed by atoms with Gasteiger partial charge in [-0.1, -0.05) is 23.8 Å². The van der Waals surface area contributed by atoms with Crippen molar-refractivity contribution in [1.82, 2.24) is 15.2 Å². The van der Waals surface area contributed by atoms with E-state index < -0.39 is 0 Å². The van der Waals surface area contributed by atoms with Gasteiger partial charge in [-0.25, -0.2) is 5.43 Å². The Morgan fingerprint density at radius 3 is 3.11 bits per heavy atom. The lowest BCUT2D eigenvalue weighted by atomic mass is 9.96. The SMILES string of the molecule is Cn1cc(Cl)c(C(=O)N/N=C\[C@@H]2CC=CCC2)n1. The molecule has 0 bridgehead atoms. The van der Waals surface area contributed by atoms with Gasteiger partial charge in [0.15, 0.2) is 5.69 Å². The maximum atomic E-state index is 11.7. The van der Waals surface area contributed by atoms with Crippen molar-refractivity contribution < 1.29 is 4.79 Å². The van der Waals surface area contributed by atoms with E-state index in [0.29, 0.717) is 10.9 Å². The van der Waals surface area contributed by atoms with Gasteiger partial charge in [-0.3, -0.25) is 9.48 Å². The van der Waals surface area contributed by atoms with Crippen molar-refractivity contribution in [2.45, 2.75) is 19.3 Å². The number of hydrogen-bond acceptors (Lipinski definition) is 3. The van der Waals surface area contributed by atoms with Gasteiger partial charge in [-0.15, -0.1) is 0 Å². The normalized spacial score (nSPS) is 19.3. The smallest absolute Gasteiger partial charge is 0.273 e. The zero-order chi connectivity index (χ0) is 13.0. The number of hydrogen-bond donors (Lipinski definition) is 1. The minimum Gasteiger partial charge on any atom is -0.273 e. The first-order chi connectivity index (χ1) is 8.66. The Morgan fingerprint density at radius 2 is 2.50 bits per heavy atom. The summed E-state index contributed by atoms with van der Waals surface area (Å²) in [6, 6.07) is 0. The Morgan fingerprint density at radius 1 is 1.67 bits per heavy atom. The van der Waals surface area contributed by atoms with E-state index >= 15 is 0 Å². The topological polar surface area (TPSA) is 59.3 Å². The number of halogens is 1. The molecule has 1 aliphatic carbocycles. The highest BCUT2D eigenvalue weighted by atomic mass is 35.5. The van der Waals surface area contributed by atoms with Crippen LogP contribution >= 0.6 is 11.6 Å². The Balaban J connectivity index is 1.90. The Kier molecular flexibility index (Phi) is 4.15. The van der Waals surface area contributed by atoms with Crippen molar-refractivity contribution in [2.24, 2.45) is 18.1 Å². The molecule has 1 aromatic heterocycles. The Labute approximate surface area is 111 Å². The molecular weight excluding hydrogens is 252 g/mol. The van der Waals surface area contributed by atoms with Crippen molar-refractivity contribution in [2.75, 3.05) is 0 Å². The number of carbonyl (C=O) groups excluding carboxylic acids is 1. The molecule has 1 aromatic rings. The number of allylic oxidation sites excluding steroid dienone is 2. The maximum absolute atomic E-state index is 11.7. The lowest BCUT2D eigenvalue weighted by molar-refractivity contribution is 0.0949. The molecule has 0 saturated heterocycles. The molecule has 5 nitrogen and oxygen atoms in total. The fourth-order valence-corrected chi connectivity index (χ4v) is 2.08. The summed E-state index contributed by atoms with van der Waals surface area (Å²) in [5, 5.41) is 8.24. The molecule has 1 atom stereocenters.